The third-order valence-electron chi connectivity index (χ3n) is 5.40. The zero-order valence-electron chi connectivity index (χ0n) is 15.4. The zero-order chi connectivity index (χ0) is 19.9. The van der Waals surface area contributed by atoms with Crippen LogP contribution in [0.1, 0.15) is 30.0 Å². The van der Waals surface area contributed by atoms with Crippen LogP contribution in [0.15, 0.2) is 42.5 Å². The van der Waals surface area contributed by atoms with Gasteiger partial charge in [0.15, 0.2) is 0 Å². The quantitative estimate of drug-likeness (QED) is 0.800. The van der Waals surface area contributed by atoms with Gasteiger partial charge in [0.1, 0.15) is 17.9 Å². The Morgan fingerprint density at radius 2 is 1.93 bits per heavy atom. The van der Waals surface area contributed by atoms with Gasteiger partial charge in [0.25, 0.3) is 5.91 Å². The number of carbonyl (C=O) groups excluding carboxylic acids is 3. The summed E-state index contributed by atoms with van der Waals surface area (Å²) in [5.41, 5.74) is 1.93. The molecule has 4 amide bonds. The molecule has 1 fully saturated rings. The van der Waals surface area contributed by atoms with Gasteiger partial charge in [-0.05, 0) is 55.0 Å². The van der Waals surface area contributed by atoms with Gasteiger partial charge < -0.3 is 10.6 Å². The summed E-state index contributed by atoms with van der Waals surface area (Å²) < 4.78 is 13.7. The normalized spacial score (nSPS) is 20.9. The van der Waals surface area contributed by atoms with Crippen LogP contribution in [-0.2, 0) is 28.0 Å². The molecule has 0 spiro atoms. The lowest BCUT2D eigenvalue weighted by atomic mass is 9.89. The van der Waals surface area contributed by atoms with Gasteiger partial charge >= 0.3 is 6.03 Å². The molecule has 1 atom stereocenters. The van der Waals surface area contributed by atoms with Crippen LogP contribution < -0.4 is 10.6 Å². The summed E-state index contributed by atoms with van der Waals surface area (Å²) in [7, 11) is 0. The van der Waals surface area contributed by atoms with Gasteiger partial charge in [-0.2, -0.15) is 0 Å². The molecule has 0 bridgehead atoms. The molecule has 2 aliphatic rings. The van der Waals surface area contributed by atoms with Gasteiger partial charge in [-0.1, -0.05) is 30.3 Å². The second kappa shape index (κ2) is 6.74. The topological polar surface area (TPSA) is 78.5 Å². The maximum Gasteiger partial charge on any atom is 0.325 e. The van der Waals surface area contributed by atoms with Crippen molar-refractivity contribution in [1.82, 2.24) is 10.2 Å². The number of anilines is 1. The number of carbonyl (C=O) groups is 3. The van der Waals surface area contributed by atoms with Crippen molar-refractivity contribution in [2.75, 3.05) is 11.9 Å². The molecule has 2 aromatic rings. The van der Waals surface area contributed by atoms with E-state index < -0.39 is 35.7 Å². The fraction of sp³-hybridized carbons (Fsp3) is 0.286. The number of nitrogens with zero attached hydrogens (tertiary/aromatic N) is 1. The van der Waals surface area contributed by atoms with Crippen molar-refractivity contribution < 1.29 is 18.8 Å². The summed E-state index contributed by atoms with van der Waals surface area (Å²) in [6.07, 6.45) is 3.06. The van der Waals surface area contributed by atoms with Crippen LogP contribution in [0.25, 0.3) is 0 Å². The number of halogens is 1. The molecule has 0 radical (unpaired) electrons. The summed E-state index contributed by atoms with van der Waals surface area (Å²) >= 11 is 0. The van der Waals surface area contributed by atoms with E-state index in [1.165, 1.54) is 29.3 Å². The summed E-state index contributed by atoms with van der Waals surface area (Å²) in [5.74, 6) is -1.73. The Morgan fingerprint density at radius 1 is 1.18 bits per heavy atom. The summed E-state index contributed by atoms with van der Waals surface area (Å²) in [6, 6.07) is 10.9. The lowest BCUT2D eigenvalue weighted by molar-refractivity contribution is -0.133. The van der Waals surface area contributed by atoms with Crippen molar-refractivity contribution in [1.29, 1.82) is 0 Å². The van der Waals surface area contributed by atoms with Crippen molar-refractivity contribution in [3.8, 4) is 0 Å². The molecular formula is C21H20FN3O3. The number of urea groups is 1. The van der Waals surface area contributed by atoms with Crippen molar-refractivity contribution >= 4 is 23.5 Å². The van der Waals surface area contributed by atoms with Gasteiger partial charge in [0, 0.05) is 0 Å². The number of fused-ring (bicyclic) bond motifs is 1. The fourth-order valence-electron chi connectivity index (χ4n) is 3.81. The minimum atomic E-state index is -1.23. The first-order chi connectivity index (χ1) is 13.4. The van der Waals surface area contributed by atoms with Gasteiger partial charge in [0.2, 0.25) is 5.91 Å². The molecule has 1 saturated heterocycles. The van der Waals surface area contributed by atoms with Crippen LogP contribution in [0.4, 0.5) is 14.9 Å². The molecule has 144 valence electrons. The fourth-order valence-corrected chi connectivity index (χ4v) is 3.81. The minimum Gasteiger partial charge on any atom is -0.322 e. The highest BCUT2D eigenvalue weighted by molar-refractivity contribution is 6.10. The van der Waals surface area contributed by atoms with E-state index in [2.05, 4.69) is 10.6 Å². The van der Waals surface area contributed by atoms with Crippen LogP contribution in [0.3, 0.4) is 0 Å². The van der Waals surface area contributed by atoms with Crippen molar-refractivity contribution in [2.45, 2.75) is 31.7 Å². The Bertz CT molecular complexity index is 991. The maximum absolute atomic E-state index is 13.7. The zero-order valence-corrected chi connectivity index (χ0v) is 15.4. The van der Waals surface area contributed by atoms with E-state index in [1.807, 2.05) is 18.2 Å². The Balaban J connectivity index is 1.52. The minimum absolute atomic E-state index is 0.000869. The average Bonchev–Trinajstić information content (AvgIpc) is 3.22. The number of aryl methyl sites for hydroxylation is 2. The average molecular weight is 381 g/mol. The highest BCUT2D eigenvalue weighted by Crippen LogP contribution is 2.32. The SMILES string of the molecule is C[C@@]1(c2ccc3c(c2)CCC3)NC(=O)N(CC(=O)Nc2ccccc2F)C1=O. The molecule has 0 unspecified atom stereocenters. The molecule has 28 heavy (non-hydrogen) atoms. The third-order valence-corrected chi connectivity index (χ3v) is 5.40. The molecule has 6 nitrogen and oxygen atoms in total. The molecule has 0 saturated carbocycles. The van der Waals surface area contributed by atoms with E-state index in [-0.39, 0.29) is 5.69 Å². The number of para-hydroxylation sites is 1. The second-order valence-electron chi connectivity index (χ2n) is 7.31. The van der Waals surface area contributed by atoms with Crippen LogP contribution >= 0.6 is 0 Å². The molecule has 1 aliphatic carbocycles. The monoisotopic (exact) mass is 381 g/mol. The number of nitrogens with one attached hydrogen (secondary N) is 2. The highest BCUT2D eigenvalue weighted by atomic mass is 19.1. The molecule has 4 rings (SSSR count). The van der Waals surface area contributed by atoms with E-state index in [0.717, 1.165) is 24.2 Å². The molecule has 1 heterocycles. The van der Waals surface area contributed by atoms with E-state index in [1.54, 1.807) is 13.0 Å². The number of benzene rings is 2. The number of hydrogen-bond donors (Lipinski definition) is 2. The Hall–Kier alpha value is -3.22. The molecular weight excluding hydrogens is 361 g/mol. The first-order valence-electron chi connectivity index (χ1n) is 9.19. The van der Waals surface area contributed by atoms with Crippen LogP contribution in [0.5, 0.6) is 0 Å². The van der Waals surface area contributed by atoms with Crippen LogP contribution in [0, 0.1) is 5.82 Å². The summed E-state index contributed by atoms with van der Waals surface area (Å²) in [6.45, 7) is 1.15. The van der Waals surface area contributed by atoms with Crippen LogP contribution in [-0.4, -0.2) is 29.3 Å². The van der Waals surface area contributed by atoms with Crippen molar-refractivity contribution in [2.24, 2.45) is 0 Å². The van der Waals surface area contributed by atoms with Gasteiger partial charge in [-0.15, -0.1) is 0 Å². The van der Waals surface area contributed by atoms with Crippen molar-refractivity contribution in [3.63, 3.8) is 0 Å². The summed E-state index contributed by atoms with van der Waals surface area (Å²) in [5, 5.41) is 5.09. The Kier molecular flexibility index (Phi) is 4.37. The molecule has 1 aliphatic heterocycles. The van der Waals surface area contributed by atoms with Crippen molar-refractivity contribution in [3.05, 3.63) is 65.0 Å². The standard InChI is InChI=1S/C21H20FN3O3/c1-21(15-10-9-13-5-4-6-14(13)11-15)19(27)25(20(28)24-21)12-18(26)23-17-8-3-2-7-16(17)22/h2-3,7-11H,4-6,12H2,1H3,(H,23,26)(H,24,28)/t21-/m0/s1. The molecule has 2 aromatic carbocycles. The third kappa shape index (κ3) is 3.02. The first-order valence-corrected chi connectivity index (χ1v) is 9.19. The molecule has 0 aromatic heterocycles. The molecule has 7 heteroatoms. The number of imide groups is 1. The Labute approximate surface area is 161 Å². The highest BCUT2D eigenvalue weighted by Gasteiger charge is 2.49. The first kappa shape index (κ1) is 18.2. The molecule has 2 N–H and O–H groups in total. The maximum atomic E-state index is 13.7. The van der Waals surface area contributed by atoms with E-state index >= 15 is 0 Å². The second-order valence-corrected chi connectivity index (χ2v) is 7.31. The smallest absolute Gasteiger partial charge is 0.322 e. The number of amides is 4. The lowest BCUT2D eigenvalue weighted by Crippen LogP contribution is -2.42. The predicted molar refractivity (Wildman–Crippen MR) is 101 cm³/mol. The number of hydrogen-bond acceptors (Lipinski definition) is 3. The lowest BCUT2D eigenvalue weighted by Gasteiger charge is -2.23. The van der Waals surface area contributed by atoms with E-state index in [0.29, 0.717) is 5.56 Å². The van der Waals surface area contributed by atoms with Crippen LogP contribution in [0.2, 0.25) is 0 Å². The largest absolute Gasteiger partial charge is 0.325 e. The van der Waals surface area contributed by atoms with Gasteiger partial charge in [-0.3, -0.25) is 14.5 Å². The Morgan fingerprint density at radius 3 is 2.71 bits per heavy atom. The van der Waals surface area contributed by atoms with Gasteiger partial charge in [0.05, 0.1) is 5.69 Å². The van der Waals surface area contributed by atoms with E-state index in [4.69, 9.17) is 0 Å². The predicted octanol–water partition coefficient (Wildman–Crippen LogP) is 2.72. The van der Waals surface area contributed by atoms with E-state index in [9.17, 15) is 18.8 Å². The van der Waals surface area contributed by atoms with Gasteiger partial charge in [-0.25, -0.2) is 9.18 Å². The number of rotatable bonds is 4. The summed E-state index contributed by atoms with van der Waals surface area (Å²) in [4.78, 5) is 38.5.